The second kappa shape index (κ2) is 33.8. The van der Waals surface area contributed by atoms with Gasteiger partial charge in [0.15, 0.2) is 18.0 Å². The van der Waals surface area contributed by atoms with E-state index in [2.05, 4.69) is 47.9 Å². The van der Waals surface area contributed by atoms with Gasteiger partial charge in [0, 0.05) is 30.7 Å². The lowest BCUT2D eigenvalue weighted by molar-refractivity contribution is -0.145. The van der Waals surface area contributed by atoms with Crippen LogP contribution < -0.4 is 70.8 Å². The number of aromatic hydroxyl groups is 2. The van der Waals surface area contributed by atoms with Crippen molar-refractivity contribution >= 4 is 71.9 Å². The van der Waals surface area contributed by atoms with Gasteiger partial charge in [-0.25, -0.2) is 4.79 Å². The highest BCUT2D eigenvalue weighted by Crippen LogP contribution is 2.38. The van der Waals surface area contributed by atoms with E-state index in [1.54, 1.807) is 12.1 Å². The zero-order valence-electron chi connectivity index (χ0n) is 44.8. The summed E-state index contributed by atoms with van der Waals surface area (Å²) in [5, 5.41) is 87.8. The number of aliphatic hydroxyl groups is 2. The van der Waals surface area contributed by atoms with Crippen molar-refractivity contribution < 1.29 is 63.9 Å². The van der Waals surface area contributed by atoms with E-state index >= 15 is 0 Å². The Morgan fingerprint density at radius 3 is 1.34 bits per heavy atom. The molecule has 29 heteroatoms. The van der Waals surface area contributed by atoms with Crippen molar-refractivity contribution in [3.63, 3.8) is 0 Å². The van der Waals surface area contributed by atoms with Gasteiger partial charge in [-0.3, -0.25) is 44.4 Å². The first-order valence-electron chi connectivity index (χ1n) is 26.4. The molecule has 24 N–H and O–H groups in total. The molecule has 0 aromatic heterocycles. The maximum absolute atomic E-state index is 14.3. The Bertz CT molecular complexity index is 2400. The molecule has 0 spiro atoms. The first kappa shape index (κ1) is 66.8. The van der Waals surface area contributed by atoms with E-state index in [0.29, 0.717) is 24.0 Å². The van der Waals surface area contributed by atoms with Crippen LogP contribution in [-0.4, -0.2) is 170 Å². The molecule has 444 valence electrons. The van der Waals surface area contributed by atoms with E-state index in [0.717, 1.165) is 32.6 Å². The number of rotatable bonds is 35. The smallest absolute Gasteiger partial charge is 0.328 e. The summed E-state index contributed by atoms with van der Waals surface area (Å²) in [7, 11) is 0. The molecule has 1 aliphatic rings. The lowest BCUT2D eigenvalue weighted by atomic mass is 9.96. The number of carbonyl (C=O) groups is 8. The largest absolute Gasteiger partial charge is 0.508 e. The van der Waals surface area contributed by atoms with E-state index in [-0.39, 0.29) is 88.5 Å². The zero-order chi connectivity index (χ0) is 59.5. The fourth-order valence-corrected chi connectivity index (χ4v) is 9.24. The van der Waals surface area contributed by atoms with Crippen molar-refractivity contribution in [3.05, 3.63) is 59.7 Å². The number of unbranched alkanes of at least 4 members (excludes halogenated alkanes) is 1. The Morgan fingerprint density at radius 2 is 0.950 bits per heavy atom. The van der Waals surface area contributed by atoms with Crippen LogP contribution in [-0.2, 0) is 51.2 Å². The van der Waals surface area contributed by atoms with Gasteiger partial charge >= 0.3 is 5.97 Å². The number of hydrogen-bond acceptors (Lipinski definition) is 17. The normalized spacial score (nSPS) is 16.0. The molecular weight excluding hydrogens is 1060 g/mol. The standard InChI is InChI=1S/C51H81N15O13S/c1-28(68)40(48(78)79)66-46(76)38(25-30-13-17-32(70)18-14-30)64-43(73)35(9-6-22-58-49(54)55)62-47(77)39(27-67)65-44(74)36(10-7-23-59-50(56)57)60-42(72)34(8-2-5-21-52)61-45(75)37(24-29-11-15-31(69)16-12-29)63-41(71)33(53)26-51(80)19-3-4-20-51/h11-18,28,33-40,67-70,80H,2-10,19-27,52-53H2,1H3,(H,60,72)(H,61,75)(H,62,77)(H,63,71)(H,64,73)(H,65,74)(H,66,76)(H,78,79)(H4,54,55,58)(H4,56,57,59)/t28-,33+,34+,35+,36+,37+,38+,39+,40+/m1/s1. The Kier molecular flexibility index (Phi) is 28.3. The van der Waals surface area contributed by atoms with Gasteiger partial charge in [0.05, 0.1) is 18.8 Å². The molecular formula is C51H81N15O13S. The first-order valence-corrected chi connectivity index (χ1v) is 26.8. The van der Waals surface area contributed by atoms with Gasteiger partial charge in [0.2, 0.25) is 41.4 Å². The van der Waals surface area contributed by atoms with Gasteiger partial charge in [-0.15, -0.1) is 0 Å². The molecule has 0 saturated heterocycles. The minimum absolute atomic E-state index is 0.00177. The van der Waals surface area contributed by atoms with Crippen LogP contribution in [0.3, 0.4) is 0 Å². The lowest BCUT2D eigenvalue weighted by Crippen LogP contribution is -2.61. The average Bonchev–Trinajstić information content (AvgIpc) is 3.86. The number of aliphatic carboxylic acids is 1. The number of guanidine groups is 2. The van der Waals surface area contributed by atoms with Crippen molar-refractivity contribution in [2.75, 3.05) is 26.2 Å². The van der Waals surface area contributed by atoms with Gasteiger partial charge in [-0.1, -0.05) is 37.1 Å². The minimum atomic E-state index is -1.80. The molecule has 28 nitrogen and oxygen atoms in total. The Morgan fingerprint density at radius 1 is 0.588 bits per heavy atom. The predicted molar refractivity (Wildman–Crippen MR) is 298 cm³/mol. The van der Waals surface area contributed by atoms with E-state index < -0.39 is 119 Å². The molecule has 2 aromatic carbocycles. The van der Waals surface area contributed by atoms with Crippen molar-refractivity contribution in [2.24, 2.45) is 22.9 Å². The number of aliphatic hydroxyl groups excluding tert-OH is 2. The van der Waals surface area contributed by atoms with Crippen LogP contribution in [0.2, 0.25) is 0 Å². The Labute approximate surface area is 469 Å². The fraction of sp³-hybridized carbons (Fsp3) is 0.569. The number of nitrogens with two attached hydrogens (primary N) is 4. The summed E-state index contributed by atoms with van der Waals surface area (Å²) in [6, 6.07) is -0.435. The maximum Gasteiger partial charge on any atom is 0.328 e. The topological polar surface area (TPSA) is 498 Å². The monoisotopic (exact) mass is 1140 g/mol. The van der Waals surface area contributed by atoms with Crippen molar-refractivity contribution in [3.8, 4) is 11.5 Å². The number of hydrogen-bond donors (Lipinski definition) is 21. The van der Waals surface area contributed by atoms with Crippen molar-refractivity contribution in [1.82, 2.24) is 47.9 Å². The molecule has 9 atom stereocenters. The fourth-order valence-electron chi connectivity index (χ4n) is 8.73. The summed E-state index contributed by atoms with van der Waals surface area (Å²) in [4.78, 5) is 110. The van der Waals surface area contributed by atoms with Crippen LogP contribution in [0.4, 0.5) is 0 Å². The molecule has 0 aliphatic heterocycles. The predicted octanol–water partition coefficient (Wildman–Crippen LogP) is -3.65. The number of carbonyl (C=O) groups excluding carboxylic acids is 7. The molecule has 7 amide bonds. The molecule has 1 saturated carbocycles. The number of thiol groups is 1. The number of nitrogens with one attached hydrogen (secondary N) is 11. The summed E-state index contributed by atoms with van der Waals surface area (Å²) in [6.45, 7) is 0.366. The number of carboxylic acid groups (broad SMARTS) is 1. The third-order valence-corrected chi connectivity index (χ3v) is 13.8. The van der Waals surface area contributed by atoms with Gasteiger partial charge in [0.25, 0.3) is 0 Å². The third-order valence-electron chi connectivity index (χ3n) is 13.2. The molecule has 1 fully saturated rings. The zero-order valence-corrected chi connectivity index (χ0v) is 45.7. The van der Waals surface area contributed by atoms with E-state index in [9.17, 15) is 63.9 Å². The number of benzene rings is 2. The van der Waals surface area contributed by atoms with E-state index in [1.807, 2.05) is 0 Å². The van der Waals surface area contributed by atoms with Crippen LogP contribution in [0.25, 0.3) is 0 Å². The second-order valence-corrected chi connectivity index (χ2v) is 20.8. The van der Waals surface area contributed by atoms with Gasteiger partial charge in [0.1, 0.15) is 47.8 Å². The SMILES string of the molecule is C[C@@H](O)[C@H](NC(=O)[C@H](Cc1ccc(O)cc1)NC(=O)[C@H](CCCNC(=N)N)NC(=O)[C@H](CO)NC(=O)[C@H](CCCNC(=N)N)NC(=O)[C@H](CCCCN)NC(=O)[C@H](Cc1ccc(O)cc1)NC(=O)[C@@H](N)CC1(S)CCCC1)C(=O)O. The number of carboxylic acids is 1. The molecule has 0 radical (unpaired) electrons. The average molecular weight is 1140 g/mol. The Hall–Kier alpha value is -7.47. The highest BCUT2D eigenvalue weighted by atomic mass is 32.1. The molecule has 0 unspecified atom stereocenters. The minimum Gasteiger partial charge on any atom is -0.508 e. The maximum atomic E-state index is 14.3. The van der Waals surface area contributed by atoms with E-state index in [4.69, 9.17) is 46.4 Å². The van der Waals surface area contributed by atoms with Gasteiger partial charge in [-0.2, -0.15) is 12.6 Å². The molecule has 0 heterocycles. The molecule has 1 aliphatic carbocycles. The number of phenols is 2. The second-order valence-electron chi connectivity index (χ2n) is 19.8. The summed E-state index contributed by atoms with van der Waals surface area (Å²) < 4.78 is -0.460. The van der Waals surface area contributed by atoms with Crippen molar-refractivity contribution in [1.29, 1.82) is 10.8 Å². The molecule has 2 aromatic rings. The quantitative estimate of drug-likeness (QED) is 0.0137. The highest BCUT2D eigenvalue weighted by molar-refractivity contribution is 7.81. The summed E-state index contributed by atoms with van der Waals surface area (Å²) in [5.74, 6) is -8.99. The summed E-state index contributed by atoms with van der Waals surface area (Å²) in [5.41, 5.74) is 24.0. The molecule has 80 heavy (non-hydrogen) atoms. The van der Waals surface area contributed by atoms with Crippen LogP contribution in [0.5, 0.6) is 11.5 Å². The van der Waals surface area contributed by atoms with Gasteiger partial charge < -0.3 is 96.3 Å². The van der Waals surface area contributed by atoms with Crippen LogP contribution in [0.1, 0.15) is 95.1 Å². The lowest BCUT2D eigenvalue weighted by Gasteiger charge is -2.28. The highest BCUT2D eigenvalue weighted by Gasteiger charge is 2.37. The summed E-state index contributed by atoms with van der Waals surface area (Å²) in [6.07, 6.45) is 2.22. The van der Waals surface area contributed by atoms with Crippen LogP contribution in [0, 0.1) is 10.8 Å². The number of amides is 7. The van der Waals surface area contributed by atoms with Crippen LogP contribution >= 0.6 is 12.6 Å². The van der Waals surface area contributed by atoms with Crippen molar-refractivity contribution in [2.45, 2.75) is 156 Å². The molecule has 0 bridgehead atoms. The van der Waals surface area contributed by atoms with E-state index in [1.165, 1.54) is 36.4 Å². The number of phenolic OH excluding ortho intramolecular Hbond substituents is 2. The van der Waals surface area contributed by atoms with Gasteiger partial charge in [-0.05, 0) is 113 Å². The van der Waals surface area contributed by atoms with Crippen LogP contribution in [0.15, 0.2) is 48.5 Å². The third kappa shape index (κ3) is 23.9. The Balaban J connectivity index is 1.92. The summed E-state index contributed by atoms with van der Waals surface area (Å²) >= 11 is 4.79. The molecule has 3 rings (SSSR count). The first-order chi connectivity index (χ1) is 37.8.